The van der Waals surface area contributed by atoms with E-state index in [1.165, 1.54) is 47.7 Å². The zero-order valence-electron chi connectivity index (χ0n) is 47.6. The third-order valence-corrected chi connectivity index (χ3v) is 19.5. The average molecular weight is 1640 g/mol. The molecule has 0 atom stereocenters. The van der Waals surface area contributed by atoms with E-state index in [-0.39, 0.29) is 42.1 Å². The zero-order valence-corrected chi connectivity index (χ0v) is 54.8. The SMILES string of the molecule is Fc1[c-]c(F)c(F)c(F)c1F.Fc1[c-]c(F)c(F)c(F)c1F.O=[C][C-][CH]c1ccccc1.[Pt+2].[Pt+2].c1ccc(P(c2ccccc2)c2ccccc2)cc1.c1ccc(P(c2ccccc2)c2ccccc2)cc1.c1ccc(P(c2ccccc2)c2ccccc2)cc1. The van der Waals surface area contributed by atoms with Gasteiger partial charge in [0.05, 0.1) is 58.2 Å². The normalized spacial score (nSPS) is 10.1. The Kier molecular flexibility index (Phi) is 32.6. The Hall–Kier alpha value is -7.85. The fourth-order valence-corrected chi connectivity index (χ4v) is 15.1. The quantitative estimate of drug-likeness (QED) is 0.0392. The molecule has 0 aliphatic heterocycles. The van der Waals surface area contributed by atoms with Gasteiger partial charge in [0.25, 0.3) is 0 Å². The van der Waals surface area contributed by atoms with Gasteiger partial charge in [-0.3, -0.25) is 17.6 Å². The predicted molar refractivity (Wildman–Crippen MR) is 344 cm³/mol. The van der Waals surface area contributed by atoms with Gasteiger partial charge in [0, 0.05) is 6.29 Å². The summed E-state index contributed by atoms with van der Waals surface area (Å²) in [5.74, 6) is -20.1. The van der Waals surface area contributed by atoms with Crippen molar-refractivity contribution >= 4 is 77.8 Å². The van der Waals surface area contributed by atoms with E-state index in [2.05, 4.69) is 279 Å². The first-order valence-corrected chi connectivity index (χ1v) is 31.1. The summed E-state index contributed by atoms with van der Waals surface area (Å²) in [6.45, 7) is 0. The van der Waals surface area contributed by atoms with Crippen LogP contribution in [0.3, 0.4) is 0 Å². The Labute approximate surface area is 556 Å². The molecule has 461 valence electrons. The van der Waals surface area contributed by atoms with E-state index in [9.17, 15) is 48.7 Å². The van der Waals surface area contributed by atoms with Crippen LogP contribution >= 0.6 is 23.8 Å². The first-order valence-electron chi connectivity index (χ1n) is 27.0. The van der Waals surface area contributed by atoms with E-state index in [1.54, 1.807) is 12.7 Å². The molecule has 91 heavy (non-hydrogen) atoms. The van der Waals surface area contributed by atoms with Crippen LogP contribution in [0.25, 0.3) is 0 Å². The van der Waals surface area contributed by atoms with E-state index < -0.39 is 81.9 Å². The minimum Gasteiger partial charge on any atom is -0.440 e. The van der Waals surface area contributed by atoms with E-state index in [4.69, 9.17) is 0 Å². The third-order valence-electron chi connectivity index (χ3n) is 12.2. The first kappa shape index (κ1) is 73.9. The molecular formula is C75H51F10OP3Pt2+. The summed E-state index contributed by atoms with van der Waals surface area (Å²) in [6.07, 6.45) is 5.48. The predicted octanol–water partition coefficient (Wildman–Crippen LogP) is 16.1. The van der Waals surface area contributed by atoms with Crippen LogP contribution in [0.4, 0.5) is 43.9 Å². The summed E-state index contributed by atoms with van der Waals surface area (Å²) in [6, 6.07) is 109. The van der Waals surface area contributed by atoms with Crippen molar-refractivity contribution in [2.24, 2.45) is 0 Å². The van der Waals surface area contributed by atoms with Gasteiger partial charge in [0.1, 0.15) is 0 Å². The van der Waals surface area contributed by atoms with Crippen LogP contribution in [0.2, 0.25) is 0 Å². The Morgan fingerprint density at radius 1 is 0.253 bits per heavy atom. The molecular weight excluding hydrogens is 1590 g/mol. The van der Waals surface area contributed by atoms with Crippen LogP contribution in [-0.2, 0) is 46.9 Å². The standard InChI is InChI=1S/3C18H15P.C9H6O.2C6F5.2Pt/c3*1-4-10-16(11-5-1)19(17-12-6-2-7-13-17)18-14-8-3-9-15-18;10-8-4-7-9-5-2-1-3-6-9;2*7-2-1-3(8)5(10)6(11)4(2)9;;/h3*1-15H;1-3,5-7H;;;;/q;;;3*-1;2*+2. The number of hydrogen-bond donors (Lipinski definition) is 0. The average Bonchev–Trinajstić information content (AvgIpc) is 2.04. The fourth-order valence-electron chi connectivity index (χ4n) is 8.19. The maximum absolute atomic E-state index is 12.0. The molecule has 12 rings (SSSR count). The minimum absolute atomic E-state index is 0. The smallest absolute Gasteiger partial charge is 0.440 e. The van der Waals surface area contributed by atoms with Crippen molar-refractivity contribution in [3.05, 3.63) is 392 Å². The molecule has 0 N–H and O–H groups in total. The van der Waals surface area contributed by atoms with Crippen molar-refractivity contribution < 1.29 is 90.8 Å². The molecule has 0 aromatic heterocycles. The Morgan fingerprint density at radius 3 is 0.560 bits per heavy atom. The molecule has 0 bridgehead atoms. The number of hydrogen-bond acceptors (Lipinski definition) is 1. The maximum atomic E-state index is 12.0. The van der Waals surface area contributed by atoms with Gasteiger partial charge >= 0.3 is 42.1 Å². The van der Waals surface area contributed by atoms with Crippen molar-refractivity contribution in [2.75, 3.05) is 0 Å². The maximum Gasteiger partial charge on any atom is 2.00 e. The molecule has 0 amide bonds. The molecule has 0 unspecified atom stereocenters. The molecule has 0 aliphatic rings. The molecule has 0 spiro atoms. The molecule has 1 nitrogen and oxygen atoms in total. The molecule has 0 fully saturated rings. The summed E-state index contributed by atoms with van der Waals surface area (Å²) in [5, 5.41) is 12.6. The summed E-state index contributed by atoms with van der Waals surface area (Å²) >= 11 is 0. The molecule has 0 heterocycles. The first-order chi connectivity index (χ1) is 43.4. The van der Waals surface area contributed by atoms with Gasteiger partial charge in [-0.2, -0.15) is 6.42 Å². The number of halogens is 10. The molecule has 16 heteroatoms. The molecule has 12 aromatic carbocycles. The van der Waals surface area contributed by atoms with Gasteiger partial charge in [-0.25, -0.2) is 26.3 Å². The van der Waals surface area contributed by atoms with Crippen molar-refractivity contribution in [2.45, 2.75) is 0 Å². The molecule has 12 aromatic rings. The topological polar surface area (TPSA) is 17.1 Å². The van der Waals surface area contributed by atoms with E-state index in [1.807, 2.05) is 30.3 Å². The third kappa shape index (κ3) is 22.8. The zero-order chi connectivity index (χ0) is 63.2. The van der Waals surface area contributed by atoms with Crippen LogP contribution in [0.15, 0.2) is 303 Å². The summed E-state index contributed by atoms with van der Waals surface area (Å²) < 4.78 is 120. The van der Waals surface area contributed by atoms with Crippen molar-refractivity contribution in [1.29, 1.82) is 0 Å². The van der Waals surface area contributed by atoms with E-state index in [0.29, 0.717) is 0 Å². The Bertz CT molecular complexity index is 3310. The molecule has 0 aliphatic carbocycles. The van der Waals surface area contributed by atoms with Gasteiger partial charge in [-0.1, -0.05) is 309 Å². The Morgan fingerprint density at radius 2 is 0.407 bits per heavy atom. The van der Waals surface area contributed by atoms with Crippen LogP contribution in [0, 0.1) is 83.1 Å². The number of rotatable bonds is 12. The van der Waals surface area contributed by atoms with E-state index >= 15 is 0 Å². The Balaban J connectivity index is 0.000000202. The second-order valence-corrected chi connectivity index (χ2v) is 24.9. The second kappa shape index (κ2) is 40.1. The second-order valence-electron chi connectivity index (χ2n) is 18.2. The molecule has 3 radical (unpaired) electrons. The summed E-state index contributed by atoms with van der Waals surface area (Å²) in [4.78, 5) is 9.71. The summed E-state index contributed by atoms with van der Waals surface area (Å²) in [5.41, 5.74) is 0.964. The largest absolute Gasteiger partial charge is 2.00 e. The number of carbonyl (C=O) groups excluding carboxylic acids is 1. The fraction of sp³-hybridized carbons (Fsp3) is 0. The monoisotopic (exact) mass is 1640 g/mol. The molecule has 0 saturated carbocycles. The van der Waals surface area contributed by atoms with Gasteiger partial charge in [0.15, 0.2) is 0 Å². The van der Waals surface area contributed by atoms with Crippen molar-refractivity contribution in [3.8, 4) is 0 Å². The van der Waals surface area contributed by atoms with Crippen molar-refractivity contribution in [3.63, 3.8) is 0 Å². The van der Waals surface area contributed by atoms with Crippen LogP contribution < -0.4 is 47.7 Å². The van der Waals surface area contributed by atoms with Crippen LogP contribution in [0.5, 0.6) is 0 Å². The van der Waals surface area contributed by atoms with Gasteiger partial charge in [0.2, 0.25) is 0 Å². The molecule has 0 saturated heterocycles. The van der Waals surface area contributed by atoms with Crippen molar-refractivity contribution in [1.82, 2.24) is 0 Å². The van der Waals surface area contributed by atoms with Crippen LogP contribution in [-0.4, -0.2) is 6.29 Å². The van der Waals surface area contributed by atoms with Gasteiger partial charge in [-0.05, 0) is 71.5 Å². The number of benzene rings is 12. The summed E-state index contributed by atoms with van der Waals surface area (Å²) in [7, 11) is -1.34. The van der Waals surface area contributed by atoms with Crippen LogP contribution in [0.1, 0.15) is 5.56 Å². The van der Waals surface area contributed by atoms with Gasteiger partial charge < -0.3 is 11.2 Å². The van der Waals surface area contributed by atoms with Gasteiger partial charge in [-0.15, -0.1) is 12.1 Å². The van der Waals surface area contributed by atoms with E-state index in [0.717, 1.165) is 17.7 Å². The minimum atomic E-state index is -2.17.